The van der Waals surface area contributed by atoms with E-state index >= 15 is 0 Å². The van der Waals surface area contributed by atoms with Crippen LogP contribution in [-0.4, -0.2) is 12.9 Å². The van der Waals surface area contributed by atoms with E-state index < -0.39 is 0 Å². The Morgan fingerprint density at radius 2 is 1.81 bits per heavy atom. The molecule has 108 valence electrons. The van der Waals surface area contributed by atoms with Gasteiger partial charge < -0.3 is 9.47 Å². The van der Waals surface area contributed by atoms with Crippen LogP contribution in [0.3, 0.4) is 0 Å². The Labute approximate surface area is 132 Å². The highest BCUT2D eigenvalue weighted by atomic mass is 35.5. The van der Waals surface area contributed by atoms with Crippen molar-refractivity contribution in [1.29, 1.82) is 0 Å². The average molecular weight is 323 g/mol. The summed E-state index contributed by atoms with van der Waals surface area (Å²) >= 11 is 11.7. The molecule has 0 saturated carbocycles. The number of benzene rings is 2. The van der Waals surface area contributed by atoms with Crippen molar-refractivity contribution in [2.24, 2.45) is 0 Å². The molecule has 2 rings (SSSR count). The molecular formula is C16H12Cl2O3. The molecule has 21 heavy (non-hydrogen) atoms. The molecule has 0 N–H and O–H groups in total. The summed E-state index contributed by atoms with van der Waals surface area (Å²) in [6.45, 7) is 0. The molecule has 0 atom stereocenters. The van der Waals surface area contributed by atoms with Crippen molar-refractivity contribution in [2.45, 2.75) is 0 Å². The SMILES string of the molecule is COc1ccc(C(=O)/C=C/Oc2ccc(Cl)cc2Cl)cc1. The smallest absolute Gasteiger partial charge is 0.188 e. The fraction of sp³-hybridized carbons (Fsp3) is 0.0625. The number of ether oxygens (including phenoxy) is 2. The van der Waals surface area contributed by atoms with Crippen LogP contribution in [0.5, 0.6) is 11.5 Å². The molecule has 0 bridgehead atoms. The Bertz CT molecular complexity index is 664. The van der Waals surface area contributed by atoms with Crippen molar-refractivity contribution in [3.05, 3.63) is 70.4 Å². The van der Waals surface area contributed by atoms with Crippen LogP contribution in [-0.2, 0) is 0 Å². The van der Waals surface area contributed by atoms with E-state index in [1.165, 1.54) is 12.3 Å². The average Bonchev–Trinajstić information content (AvgIpc) is 2.49. The minimum Gasteiger partial charge on any atom is -0.497 e. The van der Waals surface area contributed by atoms with Gasteiger partial charge in [-0.25, -0.2) is 0 Å². The second kappa shape index (κ2) is 7.16. The van der Waals surface area contributed by atoms with Crippen LogP contribution in [0.25, 0.3) is 0 Å². The first-order valence-corrected chi connectivity index (χ1v) is 6.82. The van der Waals surface area contributed by atoms with Gasteiger partial charge in [-0.05, 0) is 42.5 Å². The van der Waals surface area contributed by atoms with Crippen molar-refractivity contribution >= 4 is 29.0 Å². The maximum atomic E-state index is 11.9. The van der Waals surface area contributed by atoms with Crippen LogP contribution in [0.1, 0.15) is 10.4 Å². The predicted octanol–water partition coefficient (Wildman–Crippen LogP) is 4.78. The third-order valence-electron chi connectivity index (χ3n) is 2.68. The first kappa shape index (κ1) is 15.4. The first-order valence-electron chi connectivity index (χ1n) is 6.07. The molecule has 5 heteroatoms. The molecule has 2 aromatic carbocycles. The first-order chi connectivity index (χ1) is 10.1. The van der Waals surface area contributed by atoms with E-state index in [0.29, 0.717) is 27.1 Å². The standard InChI is InChI=1S/C16H12Cl2O3/c1-20-13-5-2-11(3-6-13)15(19)8-9-21-16-7-4-12(17)10-14(16)18/h2-10H,1H3/b9-8+. The summed E-state index contributed by atoms with van der Waals surface area (Å²) in [4.78, 5) is 11.9. The summed E-state index contributed by atoms with van der Waals surface area (Å²) in [7, 11) is 1.57. The van der Waals surface area contributed by atoms with Crippen molar-refractivity contribution in [2.75, 3.05) is 7.11 Å². The molecule has 0 amide bonds. The van der Waals surface area contributed by atoms with E-state index in [9.17, 15) is 4.79 Å². The van der Waals surface area contributed by atoms with E-state index in [4.69, 9.17) is 32.7 Å². The molecule has 0 aliphatic rings. The molecule has 2 aromatic rings. The molecule has 3 nitrogen and oxygen atoms in total. The van der Waals surface area contributed by atoms with E-state index in [0.717, 1.165) is 0 Å². The Morgan fingerprint density at radius 1 is 1.10 bits per heavy atom. The molecule has 0 radical (unpaired) electrons. The molecule has 0 aliphatic carbocycles. The molecule has 0 aliphatic heterocycles. The minimum absolute atomic E-state index is 0.178. The zero-order valence-electron chi connectivity index (χ0n) is 11.2. The molecule has 0 aromatic heterocycles. The van der Waals surface area contributed by atoms with Gasteiger partial charge in [-0.1, -0.05) is 23.2 Å². The Kier molecular flexibility index (Phi) is 5.26. The third-order valence-corrected chi connectivity index (χ3v) is 3.21. The largest absolute Gasteiger partial charge is 0.497 e. The van der Waals surface area contributed by atoms with Crippen molar-refractivity contribution < 1.29 is 14.3 Å². The number of methoxy groups -OCH3 is 1. The normalized spacial score (nSPS) is 10.6. The lowest BCUT2D eigenvalue weighted by Gasteiger charge is -2.03. The summed E-state index contributed by atoms with van der Waals surface area (Å²) in [6.07, 6.45) is 2.62. The Balaban J connectivity index is 2.01. The third kappa shape index (κ3) is 4.25. The second-order valence-corrected chi connectivity index (χ2v) is 4.93. The maximum absolute atomic E-state index is 11.9. The van der Waals surface area contributed by atoms with Crippen LogP contribution in [0.2, 0.25) is 10.0 Å². The Morgan fingerprint density at radius 3 is 2.43 bits per heavy atom. The maximum Gasteiger partial charge on any atom is 0.188 e. The lowest BCUT2D eigenvalue weighted by molar-refractivity contribution is 0.104. The van der Waals surface area contributed by atoms with Gasteiger partial charge in [0.2, 0.25) is 0 Å². The zero-order valence-corrected chi connectivity index (χ0v) is 12.7. The van der Waals surface area contributed by atoms with Crippen LogP contribution in [0, 0.1) is 0 Å². The molecule has 0 fully saturated rings. The second-order valence-electron chi connectivity index (χ2n) is 4.09. The lowest BCUT2D eigenvalue weighted by Crippen LogP contribution is -1.95. The van der Waals surface area contributed by atoms with Gasteiger partial charge in [0, 0.05) is 16.7 Å². The van der Waals surface area contributed by atoms with Crippen molar-refractivity contribution in [3.8, 4) is 11.5 Å². The zero-order chi connectivity index (χ0) is 15.2. The number of halogens is 2. The summed E-state index contributed by atoms with van der Waals surface area (Å²) in [5, 5.41) is 0.898. The highest BCUT2D eigenvalue weighted by Crippen LogP contribution is 2.27. The van der Waals surface area contributed by atoms with Gasteiger partial charge in [0.15, 0.2) is 5.78 Å². The number of rotatable bonds is 5. The summed E-state index contributed by atoms with van der Waals surface area (Å²) in [6, 6.07) is 11.7. The molecular weight excluding hydrogens is 311 g/mol. The van der Waals surface area contributed by atoms with Gasteiger partial charge in [0.1, 0.15) is 11.5 Å². The summed E-state index contributed by atoms with van der Waals surface area (Å²) < 4.78 is 10.3. The van der Waals surface area contributed by atoms with Crippen molar-refractivity contribution in [1.82, 2.24) is 0 Å². The minimum atomic E-state index is -0.178. The van der Waals surface area contributed by atoms with Crippen LogP contribution in [0.4, 0.5) is 0 Å². The van der Waals surface area contributed by atoms with Gasteiger partial charge in [-0.15, -0.1) is 0 Å². The molecule has 0 unspecified atom stereocenters. The number of ketones is 1. The monoisotopic (exact) mass is 322 g/mol. The highest BCUT2D eigenvalue weighted by molar-refractivity contribution is 6.35. The van der Waals surface area contributed by atoms with Crippen LogP contribution < -0.4 is 9.47 Å². The number of carbonyl (C=O) groups excluding carboxylic acids is 1. The Hall–Kier alpha value is -1.97. The number of hydrogen-bond acceptors (Lipinski definition) is 3. The van der Waals surface area contributed by atoms with Gasteiger partial charge in [0.05, 0.1) is 18.4 Å². The number of allylic oxidation sites excluding steroid dienone is 1. The fourth-order valence-corrected chi connectivity index (χ4v) is 2.04. The van der Waals surface area contributed by atoms with Gasteiger partial charge in [-0.3, -0.25) is 4.79 Å². The van der Waals surface area contributed by atoms with Crippen LogP contribution in [0.15, 0.2) is 54.8 Å². The predicted molar refractivity (Wildman–Crippen MR) is 83.6 cm³/mol. The fourth-order valence-electron chi connectivity index (χ4n) is 1.59. The number of carbonyl (C=O) groups is 1. The quantitative estimate of drug-likeness (QED) is 0.451. The number of hydrogen-bond donors (Lipinski definition) is 0. The van der Waals surface area contributed by atoms with Gasteiger partial charge >= 0.3 is 0 Å². The van der Waals surface area contributed by atoms with E-state index in [1.54, 1.807) is 49.6 Å². The van der Waals surface area contributed by atoms with Crippen LogP contribution >= 0.6 is 23.2 Å². The van der Waals surface area contributed by atoms with E-state index in [2.05, 4.69) is 0 Å². The molecule has 0 heterocycles. The molecule has 0 spiro atoms. The highest BCUT2D eigenvalue weighted by Gasteiger charge is 2.03. The topological polar surface area (TPSA) is 35.5 Å². The molecule has 0 saturated heterocycles. The summed E-state index contributed by atoms with van der Waals surface area (Å²) in [5.74, 6) is 0.947. The van der Waals surface area contributed by atoms with E-state index in [1.807, 2.05) is 0 Å². The van der Waals surface area contributed by atoms with Crippen molar-refractivity contribution in [3.63, 3.8) is 0 Å². The van der Waals surface area contributed by atoms with Gasteiger partial charge in [0.25, 0.3) is 0 Å². The lowest BCUT2D eigenvalue weighted by atomic mass is 10.1. The summed E-state index contributed by atoms with van der Waals surface area (Å²) in [5.41, 5.74) is 0.540. The van der Waals surface area contributed by atoms with E-state index in [-0.39, 0.29) is 5.78 Å². The van der Waals surface area contributed by atoms with Gasteiger partial charge in [-0.2, -0.15) is 0 Å².